The van der Waals surface area contributed by atoms with Crippen molar-refractivity contribution >= 4 is 18.7 Å². The summed E-state index contributed by atoms with van der Waals surface area (Å²) in [6, 6.07) is 29.1. The van der Waals surface area contributed by atoms with Gasteiger partial charge in [-0.25, -0.2) is 0 Å². The average Bonchev–Trinajstić information content (AvgIpc) is 3.32. The summed E-state index contributed by atoms with van der Waals surface area (Å²) in [6.45, 7) is 13.7. The molecule has 1 unspecified atom stereocenters. The van der Waals surface area contributed by atoms with Gasteiger partial charge in [0.25, 0.3) is 8.32 Å². The molecule has 1 fully saturated rings. The molecular formula is C37H50O6Si. The van der Waals surface area contributed by atoms with E-state index in [4.69, 9.17) is 23.4 Å². The van der Waals surface area contributed by atoms with Crippen LogP contribution in [0.25, 0.3) is 0 Å². The second-order valence-electron chi connectivity index (χ2n) is 13.1. The summed E-state index contributed by atoms with van der Waals surface area (Å²) < 4.78 is 30.8. The molecule has 238 valence electrons. The maximum Gasteiger partial charge on any atom is 0.261 e. The third-order valence-electron chi connectivity index (χ3n) is 8.19. The van der Waals surface area contributed by atoms with Gasteiger partial charge in [-0.1, -0.05) is 106 Å². The highest BCUT2D eigenvalue weighted by molar-refractivity contribution is 6.99. The predicted molar refractivity (Wildman–Crippen MR) is 179 cm³/mol. The van der Waals surface area contributed by atoms with E-state index in [9.17, 15) is 5.11 Å². The van der Waals surface area contributed by atoms with E-state index in [0.717, 1.165) is 11.3 Å². The number of hydrogen-bond acceptors (Lipinski definition) is 6. The summed E-state index contributed by atoms with van der Waals surface area (Å²) in [5.74, 6) is 0.0314. The maximum atomic E-state index is 11.2. The lowest BCUT2D eigenvalue weighted by Crippen LogP contribution is -2.66. The van der Waals surface area contributed by atoms with E-state index in [0.29, 0.717) is 26.1 Å². The van der Waals surface area contributed by atoms with Crippen LogP contribution in [0.15, 0.2) is 97.1 Å². The number of ether oxygens (including phenoxy) is 4. The van der Waals surface area contributed by atoms with Crippen LogP contribution >= 0.6 is 0 Å². The Bertz CT molecular complexity index is 1260. The van der Waals surface area contributed by atoms with E-state index in [1.54, 1.807) is 13.2 Å². The first kappa shape index (κ1) is 34.1. The van der Waals surface area contributed by atoms with Gasteiger partial charge >= 0.3 is 0 Å². The van der Waals surface area contributed by atoms with Crippen LogP contribution in [0.5, 0.6) is 5.75 Å². The number of aliphatic hydroxyl groups is 1. The molecule has 1 heterocycles. The Hall–Kier alpha value is -2.78. The van der Waals surface area contributed by atoms with E-state index in [-0.39, 0.29) is 17.2 Å². The Morgan fingerprint density at radius 1 is 0.909 bits per heavy atom. The standard InChI is InChI=1S/C37H50O6Si/c1-28(40-27-29-21-23-30(39-7)24-22-29)15-14-20-33(38)35-34(42-37(5,6)43-35)25-26-41-44(36(2,3)4,31-16-10-8-11-17-31)32-18-12-9-13-19-32/h8-14,16-24,28,33-35,38H,15,25-27H2,1-7H3/t28-,33?,34+,35-/m1/s1. The minimum Gasteiger partial charge on any atom is -0.497 e. The van der Waals surface area contributed by atoms with Crippen molar-refractivity contribution in [2.75, 3.05) is 13.7 Å². The fourth-order valence-electron chi connectivity index (χ4n) is 6.01. The first-order valence-electron chi connectivity index (χ1n) is 15.6. The molecule has 0 aliphatic carbocycles. The molecule has 4 atom stereocenters. The molecule has 0 spiro atoms. The molecule has 4 rings (SSSR count). The average molecular weight is 619 g/mol. The Balaban J connectivity index is 1.40. The molecule has 44 heavy (non-hydrogen) atoms. The number of hydrogen-bond donors (Lipinski definition) is 1. The minimum atomic E-state index is -2.67. The lowest BCUT2D eigenvalue weighted by atomic mass is 10.0. The second-order valence-corrected chi connectivity index (χ2v) is 17.4. The number of methoxy groups -OCH3 is 1. The van der Waals surface area contributed by atoms with Gasteiger partial charge in [-0.15, -0.1) is 0 Å². The molecule has 3 aromatic rings. The summed E-state index contributed by atoms with van der Waals surface area (Å²) >= 11 is 0. The predicted octanol–water partition coefficient (Wildman–Crippen LogP) is 6.39. The van der Waals surface area contributed by atoms with Crippen LogP contribution < -0.4 is 15.1 Å². The van der Waals surface area contributed by atoms with Crippen molar-refractivity contribution in [3.05, 3.63) is 103 Å². The Morgan fingerprint density at radius 3 is 2.05 bits per heavy atom. The van der Waals surface area contributed by atoms with E-state index in [1.165, 1.54) is 10.4 Å². The van der Waals surface area contributed by atoms with Gasteiger partial charge in [0.05, 0.1) is 25.9 Å². The molecule has 7 heteroatoms. The monoisotopic (exact) mass is 618 g/mol. The molecule has 0 radical (unpaired) electrons. The van der Waals surface area contributed by atoms with Crippen LogP contribution in [-0.2, 0) is 25.2 Å². The number of rotatable bonds is 14. The third kappa shape index (κ3) is 8.47. The highest BCUT2D eigenvalue weighted by atomic mass is 28.4. The van der Waals surface area contributed by atoms with Gasteiger partial charge in [0, 0.05) is 6.61 Å². The zero-order valence-corrected chi connectivity index (χ0v) is 28.4. The first-order chi connectivity index (χ1) is 20.9. The smallest absolute Gasteiger partial charge is 0.261 e. The molecule has 1 aliphatic rings. The quantitative estimate of drug-likeness (QED) is 0.167. The lowest BCUT2D eigenvalue weighted by molar-refractivity contribution is -0.153. The van der Waals surface area contributed by atoms with Crippen molar-refractivity contribution in [3.63, 3.8) is 0 Å². The van der Waals surface area contributed by atoms with Gasteiger partial charge in [-0.05, 0) is 66.7 Å². The molecule has 0 amide bonds. The molecule has 0 aromatic heterocycles. The molecule has 3 aromatic carbocycles. The molecule has 1 N–H and O–H groups in total. The van der Waals surface area contributed by atoms with Gasteiger partial charge < -0.3 is 28.5 Å². The van der Waals surface area contributed by atoms with Crippen LogP contribution in [0.3, 0.4) is 0 Å². The van der Waals surface area contributed by atoms with E-state index < -0.39 is 26.3 Å². The second kappa shape index (κ2) is 15.0. The van der Waals surface area contributed by atoms with Crippen molar-refractivity contribution in [3.8, 4) is 5.75 Å². The van der Waals surface area contributed by atoms with Crippen LogP contribution in [0, 0.1) is 0 Å². The Labute approximate surface area is 265 Å². The van der Waals surface area contributed by atoms with Gasteiger partial charge in [0.2, 0.25) is 0 Å². The van der Waals surface area contributed by atoms with Gasteiger partial charge in [0.15, 0.2) is 5.79 Å². The molecule has 1 aliphatic heterocycles. The summed E-state index contributed by atoms with van der Waals surface area (Å²) in [7, 11) is -1.01. The lowest BCUT2D eigenvalue weighted by Gasteiger charge is -2.43. The molecule has 0 saturated carbocycles. The zero-order chi connectivity index (χ0) is 31.8. The topological polar surface area (TPSA) is 66.4 Å². The highest BCUT2D eigenvalue weighted by Crippen LogP contribution is 2.38. The summed E-state index contributed by atoms with van der Waals surface area (Å²) in [5, 5.41) is 13.6. The van der Waals surface area contributed by atoms with E-state index in [2.05, 4.69) is 81.4 Å². The fraction of sp³-hybridized carbons (Fsp3) is 0.459. The van der Waals surface area contributed by atoms with E-state index >= 15 is 0 Å². The van der Waals surface area contributed by atoms with Crippen molar-refractivity contribution < 1.29 is 28.5 Å². The molecule has 1 saturated heterocycles. The van der Waals surface area contributed by atoms with Crippen LogP contribution in [-0.4, -0.2) is 57.3 Å². The van der Waals surface area contributed by atoms with Crippen LogP contribution in [0.4, 0.5) is 0 Å². The maximum absolute atomic E-state index is 11.2. The minimum absolute atomic E-state index is 0.00612. The number of benzene rings is 3. The van der Waals surface area contributed by atoms with Crippen molar-refractivity contribution in [1.82, 2.24) is 0 Å². The SMILES string of the molecule is COc1ccc(CO[C@H](C)CC=CC(O)[C@H]2OC(C)(C)O[C@H]2CCO[Si](c2ccccc2)(c2ccccc2)C(C)(C)C)cc1. The number of aliphatic hydroxyl groups excluding tert-OH is 1. The molecule has 0 bridgehead atoms. The zero-order valence-electron chi connectivity index (χ0n) is 27.4. The third-order valence-corrected chi connectivity index (χ3v) is 13.2. The van der Waals surface area contributed by atoms with Crippen molar-refractivity contribution in [2.24, 2.45) is 0 Å². The molecular weight excluding hydrogens is 568 g/mol. The Kier molecular flexibility index (Phi) is 11.6. The largest absolute Gasteiger partial charge is 0.497 e. The van der Waals surface area contributed by atoms with Gasteiger partial charge in [-0.2, -0.15) is 0 Å². The summed E-state index contributed by atoms with van der Waals surface area (Å²) in [4.78, 5) is 0. The van der Waals surface area contributed by atoms with E-state index in [1.807, 2.05) is 51.1 Å². The Morgan fingerprint density at radius 2 is 1.50 bits per heavy atom. The highest BCUT2D eigenvalue weighted by Gasteiger charge is 2.51. The molecule has 6 nitrogen and oxygen atoms in total. The van der Waals surface area contributed by atoms with Gasteiger partial charge in [-0.3, -0.25) is 0 Å². The first-order valence-corrected chi connectivity index (χ1v) is 17.6. The summed E-state index contributed by atoms with van der Waals surface area (Å²) in [6.07, 6.45) is 3.41. The fourth-order valence-corrected chi connectivity index (χ4v) is 10.6. The normalized spacial score (nSPS) is 20.1. The van der Waals surface area contributed by atoms with Gasteiger partial charge in [0.1, 0.15) is 18.0 Å². The van der Waals surface area contributed by atoms with Crippen LogP contribution in [0.2, 0.25) is 5.04 Å². The van der Waals surface area contributed by atoms with Crippen LogP contribution in [0.1, 0.15) is 59.9 Å². The van der Waals surface area contributed by atoms with Crippen molar-refractivity contribution in [2.45, 2.75) is 96.2 Å². The van der Waals surface area contributed by atoms with Crippen molar-refractivity contribution in [1.29, 1.82) is 0 Å². The summed E-state index contributed by atoms with van der Waals surface area (Å²) in [5.41, 5.74) is 1.09.